The topological polar surface area (TPSA) is 64.0 Å². The van der Waals surface area contributed by atoms with Gasteiger partial charge in [0.1, 0.15) is 11.5 Å². The van der Waals surface area contributed by atoms with Crippen molar-refractivity contribution in [2.75, 3.05) is 0 Å². The van der Waals surface area contributed by atoms with Crippen molar-refractivity contribution in [3.05, 3.63) is 63.8 Å². The van der Waals surface area contributed by atoms with Crippen molar-refractivity contribution in [3.8, 4) is 0 Å². The van der Waals surface area contributed by atoms with Gasteiger partial charge in [-0.05, 0) is 29.7 Å². The molecular formula is C16H18FN3O2. The van der Waals surface area contributed by atoms with Crippen LogP contribution in [0.15, 0.2) is 41.2 Å². The van der Waals surface area contributed by atoms with Crippen molar-refractivity contribution in [3.63, 3.8) is 0 Å². The Morgan fingerprint density at radius 3 is 2.36 bits per heavy atom. The summed E-state index contributed by atoms with van der Waals surface area (Å²) in [5.74, 6) is -0.585. The highest BCUT2D eigenvalue weighted by molar-refractivity contribution is 5.92. The van der Waals surface area contributed by atoms with Gasteiger partial charge in [-0.15, -0.1) is 0 Å². The quantitative estimate of drug-likeness (QED) is 0.940. The largest absolute Gasteiger partial charge is 0.344 e. The Morgan fingerprint density at radius 1 is 1.18 bits per heavy atom. The number of carbonyl (C=O) groups excluding carboxylic acids is 1. The maximum Gasteiger partial charge on any atom is 0.272 e. The molecule has 0 spiro atoms. The lowest BCUT2D eigenvalue weighted by molar-refractivity contribution is 0.0918. The van der Waals surface area contributed by atoms with Gasteiger partial charge in [0.15, 0.2) is 0 Å². The van der Waals surface area contributed by atoms with Gasteiger partial charge in [-0.3, -0.25) is 9.59 Å². The van der Waals surface area contributed by atoms with E-state index in [0.29, 0.717) is 0 Å². The number of nitrogens with zero attached hydrogens (tertiary/aromatic N) is 2. The van der Waals surface area contributed by atoms with Crippen molar-refractivity contribution >= 4 is 5.91 Å². The Balaban J connectivity index is 2.23. The van der Waals surface area contributed by atoms with Gasteiger partial charge in [0.05, 0.1) is 6.04 Å². The van der Waals surface area contributed by atoms with Crippen LogP contribution in [-0.2, 0) is 7.05 Å². The summed E-state index contributed by atoms with van der Waals surface area (Å²) in [4.78, 5) is 23.6. The SMILES string of the molecule is CC(C)[C@H](NC(=O)c1ccc(=O)n(C)n1)c1ccc(F)cc1. The molecule has 0 fully saturated rings. The van der Waals surface area contributed by atoms with E-state index in [1.807, 2.05) is 13.8 Å². The first-order valence-electron chi connectivity index (χ1n) is 6.99. The number of carbonyl (C=O) groups is 1. The van der Waals surface area contributed by atoms with E-state index >= 15 is 0 Å². The molecule has 2 aromatic rings. The summed E-state index contributed by atoms with van der Waals surface area (Å²) in [6.07, 6.45) is 0. The predicted molar refractivity (Wildman–Crippen MR) is 80.9 cm³/mol. The van der Waals surface area contributed by atoms with Crippen LogP contribution in [0, 0.1) is 11.7 Å². The third kappa shape index (κ3) is 3.58. The highest BCUT2D eigenvalue weighted by Crippen LogP contribution is 2.22. The van der Waals surface area contributed by atoms with Crippen LogP contribution in [0.2, 0.25) is 0 Å². The summed E-state index contributed by atoms with van der Waals surface area (Å²) in [6.45, 7) is 3.92. The molecule has 6 heteroatoms. The third-order valence-electron chi connectivity index (χ3n) is 3.38. The molecule has 2 rings (SSSR count). The molecule has 1 N–H and O–H groups in total. The number of nitrogens with one attached hydrogen (secondary N) is 1. The van der Waals surface area contributed by atoms with Crippen LogP contribution in [-0.4, -0.2) is 15.7 Å². The van der Waals surface area contributed by atoms with E-state index in [4.69, 9.17) is 0 Å². The van der Waals surface area contributed by atoms with Gasteiger partial charge in [-0.25, -0.2) is 9.07 Å². The number of aryl methyl sites for hydroxylation is 1. The highest BCUT2D eigenvalue weighted by Gasteiger charge is 2.20. The number of benzene rings is 1. The van der Waals surface area contributed by atoms with E-state index in [2.05, 4.69) is 10.4 Å². The monoisotopic (exact) mass is 303 g/mol. The van der Waals surface area contributed by atoms with Gasteiger partial charge in [-0.2, -0.15) is 5.10 Å². The van der Waals surface area contributed by atoms with Gasteiger partial charge >= 0.3 is 0 Å². The molecule has 0 bridgehead atoms. The zero-order valence-corrected chi connectivity index (χ0v) is 12.7. The molecule has 0 saturated heterocycles. The molecule has 1 aromatic carbocycles. The predicted octanol–water partition coefficient (Wildman–Crippen LogP) is 2.05. The zero-order chi connectivity index (χ0) is 16.3. The molecule has 116 valence electrons. The fourth-order valence-corrected chi connectivity index (χ4v) is 2.14. The fourth-order valence-electron chi connectivity index (χ4n) is 2.14. The molecule has 1 heterocycles. The number of hydrogen-bond acceptors (Lipinski definition) is 3. The van der Waals surface area contributed by atoms with Crippen LogP contribution < -0.4 is 10.9 Å². The summed E-state index contributed by atoms with van der Waals surface area (Å²) in [6, 6.07) is 8.43. The van der Waals surface area contributed by atoms with Gasteiger partial charge in [0.25, 0.3) is 11.5 Å². The van der Waals surface area contributed by atoms with E-state index in [-0.39, 0.29) is 34.9 Å². The average molecular weight is 303 g/mol. The molecule has 1 atom stereocenters. The summed E-state index contributed by atoms with van der Waals surface area (Å²) in [5, 5.41) is 6.80. The Kier molecular flexibility index (Phi) is 4.70. The minimum Gasteiger partial charge on any atom is -0.344 e. The smallest absolute Gasteiger partial charge is 0.272 e. The maximum atomic E-state index is 13.0. The minimum absolute atomic E-state index is 0.113. The molecule has 5 nitrogen and oxygen atoms in total. The first kappa shape index (κ1) is 15.9. The van der Waals surface area contributed by atoms with E-state index < -0.39 is 0 Å². The van der Waals surface area contributed by atoms with Gasteiger partial charge in [0, 0.05) is 13.1 Å². The van der Waals surface area contributed by atoms with Crippen LogP contribution >= 0.6 is 0 Å². The molecule has 0 saturated carbocycles. The summed E-state index contributed by atoms with van der Waals surface area (Å²) >= 11 is 0. The van der Waals surface area contributed by atoms with Crippen molar-refractivity contribution in [2.24, 2.45) is 13.0 Å². The molecule has 0 radical (unpaired) electrons. The fraction of sp³-hybridized carbons (Fsp3) is 0.312. The first-order chi connectivity index (χ1) is 10.4. The second-order valence-corrected chi connectivity index (χ2v) is 5.43. The normalized spacial score (nSPS) is 12.2. The summed E-state index contributed by atoms with van der Waals surface area (Å²) in [5.41, 5.74) is 0.694. The second-order valence-electron chi connectivity index (χ2n) is 5.43. The van der Waals surface area contributed by atoms with E-state index in [0.717, 1.165) is 10.2 Å². The average Bonchev–Trinajstić information content (AvgIpc) is 2.48. The van der Waals surface area contributed by atoms with Crippen molar-refractivity contribution in [1.82, 2.24) is 15.1 Å². The number of hydrogen-bond donors (Lipinski definition) is 1. The van der Waals surface area contributed by atoms with Gasteiger partial charge in [0.2, 0.25) is 0 Å². The molecule has 1 aromatic heterocycles. The lowest BCUT2D eigenvalue weighted by Crippen LogP contribution is -2.33. The van der Waals surface area contributed by atoms with Crippen LogP contribution in [0.25, 0.3) is 0 Å². The zero-order valence-electron chi connectivity index (χ0n) is 12.7. The number of aromatic nitrogens is 2. The number of halogens is 1. The van der Waals surface area contributed by atoms with Crippen molar-refractivity contribution < 1.29 is 9.18 Å². The van der Waals surface area contributed by atoms with Crippen LogP contribution in [0.3, 0.4) is 0 Å². The Labute approximate surface area is 127 Å². The van der Waals surface area contributed by atoms with Crippen LogP contribution in [0.4, 0.5) is 4.39 Å². The summed E-state index contributed by atoms with van der Waals surface area (Å²) in [7, 11) is 1.49. The third-order valence-corrected chi connectivity index (χ3v) is 3.38. The lowest BCUT2D eigenvalue weighted by Gasteiger charge is -2.22. The molecule has 1 amide bonds. The minimum atomic E-state index is -0.376. The highest BCUT2D eigenvalue weighted by atomic mass is 19.1. The van der Waals surface area contributed by atoms with Gasteiger partial charge in [-0.1, -0.05) is 26.0 Å². The van der Waals surface area contributed by atoms with Crippen molar-refractivity contribution in [1.29, 1.82) is 0 Å². The lowest BCUT2D eigenvalue weighted by atomic mass is 9.96. The van der Waals surface area contributed by atoms with Gasteiger partial charge < -0.3 is 5.32 Å². The Hall–Kier alpha value is -2.50. The van der Waals surface area contributed by atoms with Crippen LogP contribution in [0.5, 0.6) is 0 Å². The number of amides is 1. The van der Waals surface area contributed by atoms with Crippen LogP contribution in [0.1, 0.15) is 35.9 Å². The first-order valence-corrected chi connectivity index (χ1v) is 6.99. The molecular weight excluding hydrogens is 285 g/mol. The maximum absolute atomic E-state index is 13.0. The Bertz CT molecular complexity index is 723. The molecule has 0 aliphatic carbocycles. The Morgan fingerprint density at radius 2 is 1.82 bits per heavy atom. The van der Waals surface area contributed by atoms with E-state index in [9.17, 15) is 14.0 Å². The van der Waals surface area contributed by atoms with Crippen molar-refractivity contribution in [2.45, 2.75) is 19.9 Å². The number of rotatable bonds is 4. The summed E-state index contributed by atoms with van der Waals surface area (Å²) < 4.78 is 14.1. The second kappa shape index (κ2) is 6.51. The van der Waals surface area contributed by atoms with E-state index in [1.54, 1.807) is 12.1 Å². The molecule has 0 aliphatic rings. The molecule has 22 heavy (non-hydrogen) atoms. The van der Waals surface area contributed by atoms with E-state index in [1.165, 1.54) is 31.3 Å². The standard InChI is InChI=1S/C16H18FN3O2/c1-10(2)15(11-4-6-12(17)7-5-11)18-16(22)13-8-9-14(21)20(3)19-13/h4-10,15H,1-3H3,(H,18,22)/t15-/m0/s1. The molecule has 0 unspecified atom stereocenters. The molecule has 0 aliphatic heterocycles.